The van der Waals surface area contributed by atoms with Crippen LogP contribution in [-0.4, -0.2) is 23.4 Å². The molecule has 0 aliphatic carbocycles. The number of amides is 1. The van der Waals surface area contributed by atoms with E-state index in [1.807, 2.05) is 20.8 Å². The minimum absolute atomic E-state index is 0.0422. The summed E-state index contributed by atoms with van der Waals surface area (Å²) in [7, 11) is 0. The highest BCUT2D eigenvalue weighted by molar-refractivity contribution is 5.50. The predicted octanol–water partition coefficient (Wildman–Crippen LogP) is 2.65. The van der Waals surface area contributed by atoms with Crippen LogP contribution in [0.5, 0.6) is 0 Å². The van der Waals surface area contributed by atoms with Crippen molar-refractivity contribution < 1.29 is 18.8 Å². The van der Waals surface area contributed by atoms with E-state index < -0.39 is 11.4 Å². The van der Waals surface area contributed by atoms with Crippen molar-refractivity contribution in [1.29, 1.82) is 0 Å². The van der Waals surface area contributed by atoms with Crippen molar-refractivity contribution in [1.82, 2.24) is 5.06 Å². The maximum Gasteiger partial charge on any atom is 0.233 e. The first kappa shape index (κ1) is 16.3. The minimum Gasteiger partial charge on any atom is -0.303 e. The molecule has 0 aromatic heterocycles. The average Bonchev–Trinajstić information content (AvgIpc) is 2.36. The first-order chi connectivity index (χ1) is 9.35. The molecule has 0 fully saturated rings. The van der Waals surface area contributed by atoms with Crippen molar-refractivity contribution in [2.75, 3.05) is 0 Å². The maximum atomic E-state index is 13.9. The first-order valence-corrected chi connectivity index (χ1v) is 6.47. The number of aryl methyl sites for hydroxylation is 1. The Labute approximate surface area is 118 Å². The average molecular weight is 281 g/mol. The third-order valence-electron chi connectivity index (χ3n) is 2.50. The van der Waals surface area contributed by atoms with E-state index in [2.05, 4.69) is 0 Å². The lowest BCUT2D eigenvalue weighted by molar-refractivity contribution is -0.220. The van der Waals surface area contributed by atoms with Gasteiger partial charge in [-0.25, -0.2) is 9.45 Å². The van der Waals surface area contributed by atoms with Crippen LogP contribution >= 0.6 is 0 Å². The van der Waals surface area contributed by atoms with Crippen molar-refractivity contribution in [3.63, 3.8) is 0 Å². The van der Waals surface area contributed by atoms with Gasteiger partial charge in [-0.15, -0.1) is 0 Å². The summed E-state index contributed by atoms with van der Waals surface area (Å²) in [6.07, 6.45) is 2.21. The van der Waals surface area contributed by atoms with Crippen LogP contribution in [0.1, 0.15) is 38.3 Å². The van der Waals surface area contributed by atoms with Crippen LogP contribution in [0.4, 0.5) is 4.39 Å². The summed E-state index contributed by atoms with van der Waals surface area (Å²) in [6, 6.07) is 4.75. The summed E-state index contributed by atoms with van der Waals surface area (Å²) in [5.74, 6) is -0.405. The molecule has 0 radical (unpaired) electrons. The zero-order valence-corrected chi connectivity index (χ0v) is 12.1. The molecule has 20 heavy (non-hydrogen) atoms. The van der Waals surface area contributed by atoms with Gasteiger partial charge >= 0.3 is 0 Å². The number of nitrogens with zero attached hydrogens (tertiary/aromatic N) is 1. The highest BCUT2D eigenvalue weighted by atomic mass is 19.1. The van der Waals surface area contributed by atoms with Crippen molar-refractivity contribution >= 4 is 12.7 Å². The number of carbonyl (C=O) groups is 2. The molecule has 0 saturated carbocycles. The molecule has 0 aliphatic heterocycles. The molecule has 0 atom stereocenters. The second-order valence-electron chi connectivity index (χ2n) is 5.52. The lowest BCUT2D eigenvalue weighted by Gasteiger charge is -2.26. The van der Waals surface area contributed by atoms with Gasteiger partial charge in [0, 0.05) is 12.0 Å². The highest BCUT2D eigenvalue weighted by Gasteiger charge is 2.17. The molecule has 0 saturated heterocycles. The summed E-state index contributed by atoms with van der Waals surface area (Å²) in [5.41, 5.74) is 0.602. The van der Waals surface area contributed by atoms with Gasteiger partial charge in [-0.1, -0.05) is 12.1 Å². The van der Waals surface area contributed by atoms with Crippen molar-refractivity contribution in [2.24, 2.45) is 0 Å². The molecule has 110 valence electrons. The van der Waals surface area contributed by atoms with E-state index in [1.54, 1.807) is 12.1 Å². The molecule has 0 spiro atoms. The van der Waals surface area contributed by atoms with Gasteiger partial charge in [0.05, 0.1) is 12.1 Å². The van der Waals surface area contributed by atoms with Gasteiger partial charge < -0.3 is 4.79 Å². The van der Waals surface area contributed by atoms with E-state index in [9.17, 15) is 14.0 Å². The van der Waals surface area contributed by atoms with Crippen LogP contribution in [0.15, 0.2) is 18.2 Å². The fourth-order valence-electron chi connectivity index (χ4n) is 1.71. The largest absolute Gasteiger partial charge is 0.303 e. The van der Waals surface area contributed by atoms with Crippen molar-refractivity contribution in [3.8, 4) is 0 Å². The normalized spacial score (nSPS) is 11.2. The SMILES string of the molecule is CC(C)(C)ON(C=O)Cc1ccc(CCC=O)cc1F. The molecule has 5 heteroatoms. The van der Waals surface area contributed by atoms with Gasteiger partial charge in [-0.3, -0.25) is 9.63 Å². The third-order valence-corrected chi connectivity index (χ3v) is 2.50. The Morgan fingerprint density at radius 1 is 1.30 bits per heavy atom. The molecule has 1 amide bonds. The Kier molecular flexibility index (Phi) is 5.82. The van der Waals surface area contributed by atoms with Crippen LogP contribution in [-0.2, 0) is 27.4 Å². The fourth-order valence-corrected chi connectivity index (χ4v) is 1.71. The number of hydrogen-bond donors (Lipinski definition) is 0. The van der Waals surface area contributed by atoms with Gasteiger partial charge in [0.15, 0.2) is 0 Å². The summed E-state index contributed by atoms with van der Waals surface area (Å²) >= 11 is 0. The van der Waals surface area contributed by atoms with Crippen molar-refractivity contribution in [2.45, 2.75) is 45.8 Å². The van der Waals surface area contributed by atoms with Gasteiger partial charge in [-0.05, 0) is 38.8 Å². The zero-order valence-electron chi connectivity index (χ0n) is 12.1. The quantitative estimate of drug-likeness (QED) is 0.570. The summed E-state index contributed by atoms with van der Waals surface area (Å²) in [6.45, 7) is 5.47. The maximum absolute atomic E-state index is 13.9. The van der Waals surface area contributed by atoms with Gasteiger partial charge in [0.25, 0.3) is 0 Å². The van der Waals surface area contributed by atoms with E-state index in [0.717, 1.165) is 16.9 Å². The first-order valence-electron chi connectivity index (χ1n) is 6.47. The number of rotatable bonds is 7. The van der Waals surface area contributed by atoms with E-state index in [-0.39, 0.29) is 6.54 Å². The molecule has 0 bridgehead atoms. The molecule has 1 aromatic rings. The summed E-state index contributed by atoms with van der Waals surface area (Å²) in [5, 5.41) is 1.07. The Balaban J connectivity index is 2.76. The standard InChI is InChI=1S/C15H20FNO3/c1-15(2,3)20-17(11-19)10-13-7-6-12(5-4-8-18)9-14(13)16/h6-9,11H,4-5,10H2,1-3H3. The van der Waals surface area contributed by atoms with Gasteiger partial charge in [-0.2, -0.15) is 0 Å². The molecule has 0 N–H and O–H groups in total. The van der Waals surface area contributed by atoms with Crippen LogP contribution < -0.4 is 0 Å². The lowest BCUT2D eigenvalue weighted by Crippen LogP contribution is -2.32. The van der Waals surface area contributed by atoms with E-state index in [4.69, 9.17) is 4.84 Å². The van der Waals surface area contributed by atoms with Gasteiger partial charge in [0.2, 0.25) is 6.41 Å². The lowest BCUT2D eigenvalue weighted by atomic mass is 10.1. The van der Waals surface area contributed by atoms with E-state index >= 15 is 0 Å². The molecule has 1 rings (SSSR count). The number of benzene rings is 1. The monoisotopic (exact) mass is 281 g/mol. The molecule has 0 unspecified atom stereocenters. The topological polar surface area (TPSA) is 46.6 Å². The molecule has 4 nitrogen and oxygen atoms in total. The highest BCUT2D eigenvalue weighted by Crippen LogP contribution is 2.16. The third kappa shape index (κ3) is 5.48. The molecular formula is C15H20FNO3. The number of halogens is 1. The van der Waals surface area contributed by atoms with Crippen LogP contribution in [0.25, 0.3) is 0 Å². The Bertz CT molecular complexity index is 469. The number of aldehydes is 1. The smallest absolute Gasteiger partial charge is 0.233 e. The van der Waals surface area contributed by atoms with E-state index in [1.165, 1.54) is 6.07 Å². The molecule has 0 heterocycles. The number of hydroxylamine groups is 2. The Morgan fingerprint density at radius 3 is 2.50 bits per heavy atom. The van der Waals surface area contributed by atoms with Crippen LogP contribution in [0.2, 0.25) is 0 Å². The molecule has 1 aromatic carbocycles. The second-order valence-corrected chi connectivity index (χ2v) is 5.52. The summed E-state index contributed by atoms with van der Waals surface area (Å²) < 4.78 is 13.9. The van der Waals surface area contributed by atoms with E-state index in [0.29, 0.717) is 24.8 Å². The summed E-state index contributed by atoms with van der Waals surface area (Å²) in [4.78, 5) is 26.6. The predicted molar refractivity (Wildman–Crippen MR) is 73.2 cm³/mol. The number of carbonyl (C=O) groups excluding carboxylic acids is 2. The molecular weight excluding hydrogens is 261 g/mol. The van der Waals surface area contributed by atoms with Crippen LogP contribution in [0, 0.1) is 5.82 Å². The zero-order chi connectivity index (χ0) is 15.2. The van der Waals surface area contributed by atoms with Gasteiger partial charge in [0.1, 0.15) is 12.1 Å². The van der Waals surface area contributed by atoms with Crippen molar-refractivity contribution in [3.05, 3.63) is 35.1 Å². The van der Waals surface area contributed by atoms with Crippen LogP contribution in [0.3, 0.4) is 0 Å². The number of hydrogen-bond acceptors (Lipinski definition) is 3. The minimum atomic E-state index is -0.527. The Morgan fingerprint density at radius 2 is 2.00 bits per heavy atom. The fraction of sp³-hybridized carbons (Fsp3) is 0.467. The molecule has 0 aliphatic rings. The Hall–Kier alpha value is -1.75. The second kappa shape index (κ2) is 7.14.